The van der Waals surface area contributed by atoms with Gasteiger partial charge in [0, 0.05) is 18.1 Å². The molecule has 0 heterocycles. The van der Waals surface area contributed by atoms with E-state index in [1.165, 1.54) is 6.92 Å². The molecule has 0 bridgehead atoms. The number of carbonyl (C=O) groups excluding carboxylic acids is 1. The fraction of sp³-hybridized carbons (Fsp3) is 0.364. The van der Waals surface area contributed by atoms with E-state index in [-0.39, 0.29) is 18.0 Å². The van der Waals surface area contributed by atoms with Gasteiger partial charge in [-0.2, -0.15) is 0 Å². The molecule has 0 aliphatic rings. The highest BCUT2D eigenvalue weighted by Gasteiger charge is 2.12. The summed E-state index contributed by atoms with van der Waals surface area (Å²) in [5, 5.41) is 0. The maximum absolute atomic E-state index is 12.9. The Kier molecular flexibility index (Phi) is 3.77. The molecule has 0 aliphatic carbocycles. The molecular formula is C11H12F2O2. The van der Waals surface area contributed by atoms with E-state index in [1.54, 1.807) is 6.92 Å². The Bertz CT molecular complexity index is 375. The lowest BCUT2D eigenvalue weighted by Gasteiger charge is -2.09. The van der Waals surface area contributed by atoms with Crippen molar-refractivity contribution in [1.82, 2.24) is 0 Å². The highest BCUT2D eigenvalue weighted by atomic mass is 19.2. The minimum absolute atomic E-state index is 0.0481. The van der Waals surface area contributed by atoms with Crippen molar-refractivity contribution in [2.24, 2.45) is 0 Å². The average molecular weight is 214 g/mol. The van der Waals surface area contributed by atoms with Crippen LogP contribution in [0.15, 0.2) is 12.1 Å². The Labute approximate surface area is 86.9 Å². The van der Waals surface area contributed by atoms with Gasteiger partial charge in [0.25, 0.3) is 0 Å². The van der Waals surface area contributed by atoms with Crippen LogP contribution < -0.4 is 4.74 Å². The number of halogens is 2. The Morgan fingerprint density at radius 2 is 1.93 bits per heavy atom. The third-order valence-corrected chi connectivity index (χ3v) is 1.84. The fourth-order valence-corrected chi connectivity index (χ4v) is 1.27. The first-order chi connectivity index (χ1) is 7.04. The standard InChI is InChI=1S/C11H12F2O2/c1-3-15-11-6-10(13)9(12)5-8(11)4-7(2)14/h5-6H,3-4H2,1-2H3. The summed E-state index contributed by atoms with van der Waals surface area (Å²) in [6.45, 7) is 3.46. The molecule has 1 aromatic rings. The van der Waals surface area contributed by atoms with Crippen LogP contribution in [0, 0.1) is 11.6 Å². The van der Waals surface area contributed by atoms with Gasteiger partial charge in [-0.25, -0.2) is 8.78 Å². The number of Topliss-reactive ketones (excluding diaryl/α,β-unsaturated/α-hetero) is 1. The highest BCUT2D eigenvalue weighted by Crippen LogP contribution is 2.23. The molecule has 0 aromatic heterocycles. The van der Waals surface area contributed by atoms with Crippen molar-refractivity contribution in [3.05, 3.63) is 29.3 Å². The maximum Gasteiger partial charge on any atom is 0.162 e. The summed E-state index contributed by atoms with van der Waals surface area (Å²) >= 11 is 0. The van der Waals surface area contributed by atoms with Gasteiger partial charge in [0.1, 0.15) is 11.5 Å². The Morgan fingerprint density at radius 1 is 1.33 bits per heavy atom. The second-order valence-corrected chi connectivity index (χ2v) is 3.19. The third-order valence-electron chi connectivity index (χ3n) is 1.84. The zero-order valence-corrected chi connectivity index (χ0v) is 8.64. The van der Waals surface area contributed by atoms with Crippen molar-refractivity contribution in [3.8, 4) is 5.75 Å². The molecule has 1 aromatic carbocycles. The van der Waals surface area contributed by atoms with Gasteiger partial charge < -0.3 is 4.74 Å². The molecule has 0 aliphatic heterocycles. The number of hydrogen-bond acceptors (Lipinski definition) is 2. The predicted octanol–water partition coefficient (Wildman–Crippen LogP) is 2.50. The van der Waals surface area contributed by atoms with Gasteiger partial charge in [0.2, 0.25) is 0 Å². The van der Waals surface area contributed by atoms with Crippen LogP contribution in [0.1, 0.15) is 19.4 Å². The van der Waals surface area contributed by atoms with Gasteiger partial charge in [-0.15, -0.1) is 0 Å². The molecule has 2 nitrogen and oxygen atoms in total. The molecule has 0 spiro atoms. The van der Waals surface area contributed by atoms with Gasteiger partial charge >= 0.3 is 0 Å². The number of hydrogen-bond donors (Lipinski definition) is 0. The molecule has 82 valence electrons. The smallest absolute Gasteiger partial charge is 0.162 e. The largest absolute Gasteiger partial charge is 0.493 e. The van der Waals surface area contributed by atoms with Crippen molar-refractivity contribution in [2.45, 2.75) is 20.3 Å². The Balaban J connectivity index is 3.09. The lowest BCUT2D eigenvalue weighted by molar-refractivity contribution is -0.116. The lowest BCUT2D eigenvalue weighted by atomic mass is 10.1. The second kappa shape index (κ2) is 4.87. The molecule has 4 heteroatoms. The van der Waals surface area contributed by atoms with Crippen molar-refractivity contribution in [3.63, 3.8) is 0 Å². The summed E-state index contributed by atoms with van der Waals surface area (Å²) in [5.74, 6) is -1.82. The number of ether oxygens (including phenoxy) is 1. The molecular weight excluding hydrogens is 202 g/mol. The molecule has 0 saturated heterocycles. The van der Waals surface area contributed by atoms with Gasteiger partial charge in [0.15, 0.2) is 11.6 Å². The van der Waals surface area contributed by atoms with Crippen LogP contribution in [-0.2, 0) is 11.2 Å². The van der Waals surface area contributed by atoms with Gasteiger partial charge in [-0.1, -0.05) is 0 Å². The Morgan fingerprint density at radius 3 is 2.47 bits per heavy atom. The SMILES string of the molecule is CCOc1cc(F)c(F)cc1CC(C)=O. The van der Waals surface area contributed by atoms with E-state index in [9.17, 15) is 13.6 Å². The highest BCUT2D eigenvalue weighted by molar-refractivity contribution is 5.78. The molecule has 0 N–H and O–H groups in total. The van der Waals surface area contributed by atoms with Crippen LogP contribution in [0.5, 0.6) is 5.75 Å². The van der Waals surface area contributed by atoms with E-state index in [1.807, 2.05) is 0 Å². The zero-order chi connectivity index (χ0) is 11.4. The molecule has 0 fully saturated rings. The van der Waals surface area contributed by atoms with Crippen LogP contribution in [-0.4, -0.2) is 12.4 Å². The second-order valence-electron chi connectivity index (χ2n) is 3.19. The predicted molar refractivity (Wildman–Crippen MR) is 51.9 cm³/mol. The molecule has 0 saturated carbocycles. The first kappa shape index (κ1) is 11.6. The van der Waals surface area contributed by atoms with E-state index < -0.39 is 11.6 Å². The van der Waals surface area contributed by atoms with Crippen LogP contribution in [0.4, 0.5) is 8.78 Å². The minimum atomic E-state index is -0.967. The van der Waals surface area contributed by atoms with Gasteiger partial charge in [-0.05, 0) is 19.9 Å². The molecule has 0 unspecified atom stereocenters. The van der Waals surface area contributed by atoms with Crippen molar-refractivity contribution >= 4 is 5.78 Å². The van der Waals surface area contributed by atoms with Crippen LogP contribution in [0.25, 0.3) is 0 Å². The van der Waals surface area contributed by atoms with Crippen LogP contribution >= 0.6 is 0 Å². The van der Waals surface area contributed by atoms with Crippen molar-refractivity contribution < 1.29 is 18.3 Å². The molecule has 1 rings (SSSR count). The number of carbonyl (C=O) groups is 1. The summed E-state index contributed by atoms with van der Waals surface area (Å²) in [7, 11) is 0. The number of ketones is 1. The minimum Gasteiger partial charge on any atom is -0.493 e. The maximum atomic E-state index is 12.9. The summed E-state index contributed by atoms with van der Waals surface area (Å²) in [4.78, 5) is 10.9. The molecule has 15 heavy (non-hydrogen) atoms. The summed E-state index contributed by atoms with van der Waals surface area (Å²) in [6, 6.07) is 1.97. The van der Waals surface area contributed by atoms with Crippen molar-refractivity contribution in [1.29, 1.82) is 0 Å². The van der Waals surface area contributed by atoms with E-state index in [0.29, 0.717) is 12.2 Å². The first-order valence-corrected chi connectivity index (χ1v) is 4.64. The average Bonchev–Trinajstić information content (AvgIpc) is 2.13. The topological polar surface area (TPSA) is 26.3 Å². The monoisotopic (exact) mass is 214 g/mol. The fourth-order valence-electron chi connectivity index (χ4n) is 1.27. The first-order valence-electron chi connectivity index (χ1n) is 4.64. The summed E-state index contributed by atoms with van der Waals surface area (Å²) < 4.78 is 30.9. The molecule has 0 atom stereocenters. The van der Waals surface area contributed by atoms with E-state index in [0.717, 1.165) is 12.1 Å². The zero-order valence-electron chi connectivity index (χ0n) is 8.64. The van der Waals surface area contributed by atoms with Crippen molar-refractivity contribution in [2.75, 3.05) is 6.61 Å². The van der Waals surface area contributed by atoms with Gasteiger partial charge in [-0.3, -0.25) is 4.79 Å². The van der Waals surface area contributed by atoms with Crippen LogP contribution in [0.3, 0.4) is 0 Å². The van der Waals surface area contributed by atoms with E-state index in [4.69, 9.17) is 4.74 Å². The van der Waals surface area contributed by atoms with E-state index in [2.05, 4.69) is 0 Å². The molecule has 0 radical (unpaired) electrons. The Hall–Kier alpha value is -1.45. The van der Waals surface area contributed by atoms with Gasteiger partial charge in [0.05, 0.1) is 6.61 Å². The molecule has 0 amide bonds. The quantitative estimate of drug-likeness (QED) is 0.769. The number of benzene rings is 1. The third kappa shape index (κ3) is 3.01. The normalized spacial score (nSPS) is 10.1. The summed E-state index contributed by atoms with van der Waals surface area (Å²) in [5.41, 5.74) is 0.378. The number of rotatable bonds is 4. The lowest BCUT2D eigenvalue weighted by Crippen LogP contribution is -2.03. The summed E-state index contributed by atoms with van der Waals surface area (Å²) in [6.07, 6.45) is 0.0481. The van der Waals surface area contributed by atoms with E-state index >= 15 is 0 Å². The van der Waals surface area contributed by atoms with Crippen LogP contribution in [0.2, 0.25) is 0 Å².